The zero-order valence-electron chi connectivity index (χ0n) is 13.2. The van der Waals surface area contributed by atoms with Crippen molar-refractivity contribution >= 4 is 28.2 Å². The molecule has 4 heteroatoms. The summed E-state index contributed by atoms with van der Waals surface area (Å²) in [5, 5.41) is 8.38. The molecule has 0 radical (unpaired) electrons. The summed E-state index contributed by atoms with van der Waals surface area (Å²) >= 11 is 0. The largest absolute Gasteiger partial charge is 0.367 e. The lowest BCUT2D eigenvalue weighted by Crippen LogP contribution is -2.18. The normalized spacial score (nSPS) is 10.7. The molecule has 0 unspecified atom stereocenters. The SMILES string of the molecule is CC(C)Nc1ncccc1C(=O)Nc1ccc2ccccc2c1. The second-order valence-electron chi connectivity index (χ2n) is 5.71. The molecule has 3 aromatic rings. The van der Waals surface area contributed by atoms with E-state index in [9.17, 15) is 4.79 Å². The van der Waals surface area contributed by atoms with E-state index in [-0.39, 0.29) is 11.9 Å². The van der Waals surface area contributed by atoms with Crippen molar-refractivity contribution < 1.29 is 4.79 Å². The molecule has 0 saturated heterocycles. The third-order valence-electron chi connectivity index (χ3n) is 3.49. The molecule has 0 aliphatic heterocycles. The summed E-state index contributed by atoms with van der Waals surface area (Å²) in [5.41, 5.74) is 1.31. The number of nitrogens with zero attached hydrogens (tertiary/aromatic N) is 1. The smallest absolute Gasteiger partial charge is 0.259 e. The van der Waals surface area contributed by atoms with Crippen molar-refractivity contribution in [3.8, 4) is 0 Å². The maximum absolute atomic E-state index is 12.6. The molecule has 0 spiro atoms. The molecule has 3 rings (SSSR count). The molecule has 0 aliphatic carbocycles. The van der Waals surface area contributed by atoms with Gasteiger partial charge in [-0.1, -0.05) is 30.3 Å². The van der Waals surface area contributed by atoms with Crippen molar-refractivity contribution in [2.24, 2.45) is 0 Å². The Morgan fingerprint density at radius 1 is 1.00 bits per heavy atom. The van der Waals surface area contributed by atoms with Gasteiger partial charge in [-0.3, -0.25) is 4.79 Å². The fraction of sp³-hybridized carbons (Fsp3) is 0.158. The van der Waals surface area contributed by atoms with Crippen LogP contribution in [0.2, 0.25) is 0 Å². The number of amides is 1. The van der Waals surface area contributed by atoms with Crippen LogP contribution in [0.1, 0.15) is 24.2 Å². The number of hydrogen-bond donors (Lipinski definition) is 2. The lowest BCUT2D eigenvalue weighted by Gasteiger charge is -2.13. The number of anilines is 2. The lowest BCUT2D eigenvalue weighted by molar-refractivity contribution is 0.102. The Kier molecular flexibility index (Phi) is 4.24. The Hall–Kier alpha value is -2.88. The van der Waals surface area contributed by atoms with Crippen LogP contribution in [0.3, 0.4) is 0 Å². The van der Waals surface area contributed by atoms with Crippen LogP contribution < -0.4 is 10.6 Å². The van der Waals surface area contributed by atoms with Crippen LogP contribution in [0, 0.1) is 0 Å². The molecule has 23 heavy (non-hydrogen) atoms. The van der Waals surface area contributed by atoms with Gasteiger partial charge in [0, 0.05) is 17.9 Å². The number of aromatic nitrogens is 1. The van der Waals surface area contributed by atoms with Crippen molar-refractivity contribution in [1.29, 1.82) is 0 Å². The topological polar surface area (TPSA) is 54.0 Å². The predicted molar refractivity (Wildman–Crippen MR) is 94.9 cm³/mol. The average molecular weight is 305 g/mol. The van der Waals surface area contributed by atoms with E-state index < -0.39 is 0 Å². The number of benzene rings is 2. The molecule has 0 bridgehead atoms. The molecule has 1 aromatic heterocycles. The molecule has 1 heterocycles. The minimum Gasteiger partial charge on any atom is -0.367 e. The molecular weight excluding hydrogens is 286 g/mol. The zero-order chi connectivity index (χ0) is 16.2. The van der Waals surface area contributed by atoms with Gasteiger partial charge in [-0.2, -0.15) is 0 Å². The van der Waals surface area contributed by atoms with Crippen LogP contribution in [0.5, 0.6) is 0 Å². The van der Waals surface area contributed by atoms with Crippen LogP contribution in [0.15, 0.2) is 60.8 Å². The Balaban J connectivity index is 1.86. The highest BCUT2D eigenvalue weighted by Crippen LogP contribution is 2.20. The van der Waals surface area contributed by atoms with Gasteiger partial charge in [-0.25, -0.2) is 4.98 Å². The van der Waals surface area contributed by atoms with Crippen molar-refractivity contribution in [2.45, 2.75) is 19.9 Å². The zero-order valence-corrected chi connectivity index (χ0v) is 13.2. The third kappa shape index (κ3) is 3.48. The number of carbonyl (C=O) groups excluding carboxylic acids is 1. The van der Waals surface area contributed by atoms with E-state index in [0.717, 1.165) is 16.5 Å². The van der Waals surface area contributed by atoms with Gasteiger partial charge in [0.05, 0.1) is 5.56 Å². The fourth-order valence-corrected chi connectivity index (χ4v) is 2.44. The van der Waals surface area contributed by atoms with E-state index in [4.69, 9.17) is 0 Å². The van der Waals surface area contributed by atoms with Gasteiger partial charge >= 0.3 is 0 Å². The highest BCUT2D eigenvalue weighted by Gasteiger charge is 2.13. The number of carbonyl (C=O) groups is 1. The van der Waals surface area contributed by atoms with Crippen LogP contribution in [0.25, 0.3) is 10.8 Å². The Labute approximate surface area is 135 Å². The maximum atomic E-state index is 12.6. The first-order chi connectivity index (χ1) is 11.1. The van der Waals surface area contributed by atoms with Gasteiger partial charge < -0.3 is 10.6 Å². The van der Waals surface area contributed by atoms with E-state index >= 15 is 0 Å². The summed E-state index contributed by atoms with van der Waals surface area (Å²) < 4.78 is 0. The van der Waals surface area contributed by atoms with Gasteiger partial charge in [-0.15, -0.1) is 0 Å². The number of hydrogen-bond acceptors (Lipinski definition) is 3. The van der Waals surface area contributed by atoms with E-state index in [0.29, 0.717) is 11.4 Å². The second kappa shape index (κ2) is 6.48. The van der Waals surface area contributed by atoms with Crippen LogP contribution in [-0.4, -0.2) is 16.9 Å². The van der Waals surface area contributed by atoms with Crippen molar-refractivity contribution in [2.75, 3.05) is 10.6 Å². The van der Waals surface area contributed by atoms with E-state index in [1.807, 2.05) is 56.3 Å². The maximum Gasteiger partial charge on any atom is 0.259 e. The summed E-state index contributed by atoms with van der Waals surface area (Å²) in [6.45, 7) is 4.03. The van der Waals surface area contributed by atoms with Gasteiger partial charge in [0.1, 0.15) is 5.82 Å². The standard InChI is InChI=1S/C19H19N3O/c1-13(2)21-18-17(8-5-11-20-18)19(23)22-16-10-9-14-6-3-4-7-15(14)12-16/h3-13H,1-2H3,(H,20,21)(H,22,23). The van der Waals surface area contributed by atoms with Gasteiger partial charge in [0.15, 0.2) is 0 Å². The summed E-state index contributed by atoms with van der Waals surface area (Å²) in [6.07, 6.45) is 1.68. The van der Waals surface area contributed by atoms with Crippen LogP contribution >= 0.6 is 0 Å². The minimum atomic E-state index is -0.170. The van der Waals surface area contributed by atoms with E-state index in [1.54, 1.807) is 18.3 Å². The number of fused-ring (bicyclic) bond motifs is 1. The Morgan fingerprint density at radius 3 is 2.57 bits per heavy atom. The van der Waals surface area contributed by atoms with Crippen molar-refractivity contribution in [3.63, 3.8) is 0 Å². The summed E-state index contributed by atoms with van der Waals surface area (Å²) in [6, 6.07) is 17.7. The summed E-state index contributed by atoms with van der Waals surface area (Å²) in [7, 11) is 0. The quantitative estimate of drug-likeness (QED) is 0.755. The Bertz CT molecular complexity index is 843. The first-order valence-corrected chi connectivity index (χ1v) is 7.65. The molecule has 116 valence electrons. The molecule has 2 N–H and O–H groups in total. The van der Waals surface area contributed by atoms with Crippen LogP contribution in [-0.2, 0) is 0 Å². The third-order valence-corrected chi connectivity index (χ3v) is 3.49. The summed E-state index contributed by atoms with van der Waals surface area (Å²) in [4.78, 5) is 16.8. The Morgan fingerprint density at radius 2 is 1.78 bits per heavy atom. The highest BCUT2D eigenvalue weighted by atomic mass is 16.1. The van der Waals surface area contributed by atoms with Gasteiger partial charge in [0.2, 0.25) is 0 Å². The second-order valence-corrected chi connectivity index (χ2v) is 5.71. The molecule has 2 aromatic carbocycles. The molecule has 1 amide bonds. The molecule has 0 aliphatic rings. The van der Waals surface area contributed by atoms with Crippen LogP contribution in [0.4, 0.5) is 11.5 Å². The van der Waals surface area contributed by atoms with Gasteiger partial charge in [-0.05, 0) is 48.9 Å². The first-order valence-electron chi connectivity index (χ1n) is 7.65. The number of rotatable bonds is 4. The van der Waals surface area contributed by atoms with E-state index in [2.05, 4.69) is 15.6 Å². The minimum absolute atomic E-state index is 0.170. The fourth-order valence-electron chi connectivity index (χ4n) is 2.44. The highest BCUT2D eigenvalue weighted by molar-refractivity contribution is 6.08. The lowest BCUT2D eigenvalue weighted by atomic mass is 10.1. The predicted octanol–water partition coefficient (Wildman–Crippen LogP) is 4.31. The molecule has 0 saturated carbocycles. The van der Waals surface area contributed by atoms with Gasteiger partial charge in [0.25, 0.3) is 5.91 Å². The van der Waals surface area contributed by atoms with E-state index in [1.165, 1.54) is 0 Å². The molecule has 0 atom stereocenters. The molecule has 4 nitrogen and oxygen atoms in total. The average Bonchev–Trinajstić information content (AvgIpc) is 2.54. The monoisotopic (exact) mass is 305 g/mol. The number of nitrogens with one attached hydrogen (secondary N) is 2. The molecule has 0 fully saturated rings. The van der Waals surface area contributed by atoms with Crippen molar-refractivity contribution in [1.82, 2.24) is 4.98 Å². The summed E-state index contributed by atoms with van der Waals surface area (Å²) in [5.74, 6) is 0.428. The van der Waals surface area contributed by atoms with Crippen molar-refractivity contribution in [3.05, 3.63) is 66.4 Å². The molecular formula is C19H19N3O. The number of pyridine rings is 1. The first kappa shape index (κ1) is 15.0.